The van der Waals surface area contributed by atoms with Gasteiger partial charge in [-0.25, -0.2) is 9.50 Å². The van der Waals surface area contributed by atoms with Gasteiger partial charge in [-0.2, -0.15) is 5.10 Å². The zero-order valence-corrected chi connectivity index (χ0v) is 15.0. The van der Waals surface area contributed by atoms with Gasteiger partial charge in [-0.05, 0) is 44.0 Å². The molecule has 3 aromatic heterocycles. The smallest absolute Gasteiger partial charge is 0.149 e. The summed E-state index contributed by atoms with van der Waals surface area (Å²) in [7, 11) is 0. The van der Waals surface area contributed by atoms with Crippen molar-refractivity contribution in [1.29, 1.82) is 0 Å². The summed E-state index contributed by atoms with van der Waals surface area (Å²) in [4.78, 5) is 13.2. The molecule has 0 saturated heterocycles. The second kappa shape index (κ2) is 7.17. The van der Waals surface area contributed by atoms with Crippen molar-refractivity contribution in [3.63, 3.8) is 0 Å². The Labute approximate surface area is 151 Å². The molecule has 26 heavy (non-hydrogen) atoms. The molecule has 0 saturated carbocycles. The minimum absolute atomic E-state index is 0.261. The molecule has 6 nitrogen and oxygen atoms in total. The first-order valence-corrected chi connectivity index (χ1v) is 8.87. The molecule has 3 heterocycles. The number of benzene rings is 1. The molecular weight excluding hydrogens is 326 g/mol. The average Bonchev–Trinajstić information content (AvgIpc) is 3.08. The van der Waals surface area contributed by atoms with Gasteiger partial charge in [0.1, 0.15) is 5.82 Å². The zero-order valence-electron chi connectivity index (χ0n) is 15.0. The fraction of sp³-hybridized carbons (Fsp3) is 0.300. The highest BCUT2D eigenvalue weighted by Crippen LogP contribution is 2.27. The summed E-state index contributed by atoms with van der Waals surface area (Å²) in [6.07, 6.45) is 9.27. The van der Waals surface area contributed by atoms with Crippen molar-refractivity contribution in [2.75, 3.05) is 6.61 Å². The third-order valence-corrected chi connectivity index (χ3v) is 4.24. The van der Waals surface area contributed by atoms with Crippen LogP contribution in [0.25, 0.3) is 27.7 Å². The van der Waals surface area contributed by atoms with E-state index in [4.69, 9.17) is 4.74 Å². The van der Waals surface area contributed by atoms with Gasteiger partial charge in [0.15, 0.2) is 0 Å². The second-order valence-corrected chi connectivity index (χ2v) is 6.52. The van der Waals surface area contributed by atoms with Crippen LogP contribution in [-0.2, 0) is 11.2 Å². The Balaban J connectivity index is 1.58. The molecular formula is C20H21N5O. The van der Waals surface area contributed by atoms with Crippen molar-refractivity contribution in [1.82, 2.24) is 24.6 Å². The highest BCUT2D eigenvalue weighted by atomic mass is 16.5. The number of rotatable bonds is 6. The van der Waals surface area contributed by atoms with E-state index in [1.54, 1.807) is 12.4 Å². The van der Waals surface area contributed by atoms with E-state index in [0.717, 1.165) is 52.9 Å². The van der Waals surface area contributed by atoms with Gasteiger partial charge in [-0.1, -0.05) is 6.07 Å². The van der Waals surface area contributed by atoms with E-state index in [9.17, 15) is 0 Å². The number of ether oxygens (including phenoxy) is 1. The van der Waals surface area contributed by atoms with Gasteiger partial charge in [0, 0.05) is 37.2 Å². The number of hydrogen-bond acceptors (Lipinski definition) is 5. The van der Waals surface area contributed by atoms with Crippen molar-refractivity contribution in [2.45, 2.75) is 32.8 Å². The molecule has 132 valence electrons. The van der Waals surface area contributed by atoms with Gasteiger partial charge in [-0.15, -0.1) is 0 Å². The molecule has 0 aliphatic heterocycles. The van der Waals surface area contributed by atoms with Crippen molar-refractivity contribution in [2.24, 2.45) is 0 Å². The van der Waals surface area contributed by atoms with Crippen LogP contribution < -0.4 is 0 Å². The Kier molecular flexibility index (Phi) is 4.58. The van der Waals surface area contributed by atoms with E-state index in [1.165, 1.54) is 0 Å². The number of aryl methyl sites for hydroxylation is 1. The molecule has 0 aliphatic carbocycles. The zero-order chi connectivity index (χ0) is 17.9. The predicted octanol–water partition coefficient (Wildman–Crippen LogP) is 3.70. The van der Waals surface area contributed by atoms with Crippen LogP contribution in [0, 0.1) is 0 Å². The molecule has 1 aromatic carbocycles. The lowest BCUT2D eigenvalue weighted by Gasteiger charge is -2.07. The molecule has 4 rings (SSSR count). The SMILES string of the molecule is CC(C)OCCCc1ncc2c(-c3ccc4nccnc4c3)ccn2n1. The monoisotopic (exact) mass is 347 g/mol. The first-order valence-electron chi connectivity index (χ1n) is 8.87. The molecule has 0 bridgehead atoms. The van der Waals surface area contributed by atoms with Crippen LogP contribution in [0.5, 0.6) is 0 Å². The maximum atomic E-state index is 5.57. The standard InChI is InChI=1S/C20H21N5O/c1-14(2)26-11-3-4-20-23-13-19-16(7-10-25(19)24-20)15-5-6-17-18(12-15)22-9-8-21-17/h5-10,12-14H,3-4,11H2,1-2H3. The molecule has 0 N–H and O–H groups in total. The Morgan fingerprint density at radius 1 is 1.04 bits per heavy atom. The van der Waals surface area contributed by atoms with E-state index in [-0.39, 0.29) is 6.10 Å². The average molecular weight is 347 g/mol. The Morgan fingerprint density at radius 3 is 2.73 bits per heavy atom. The predicted molar refractivity (Wildman–Crippen MR) is 101 cm³/mol. The van der Waals surface area contributed by atoms with Gasteiger partial charge >= 0.3 is 0 Å². The van der Waals surface area contributed by atoms with Crippen molar-refractivity contribution in [3.05, 3.63) is 54.9 Å². The molecule has 4 aromatic rings. The maximum Gasteiger partial charge on any atom is 0.149 e. The quantitative estimate of drug-likeness (QED) is 0.498. The summed E-state index contributed by atoms with van der Waals surface area (Å²) < 4.78 is 7.47. The van der Waals surface area contributed by atoms with Gasteiger partial charge in [0.05, 0.1) is 28.9 Å². The van der Waals surface area contributed by atoms with E-state index in [1.807, 2.05) is 36.8 Å². The number of nitrogens with zero attached hydrogens (tertiary/aromatic N) is 5. The third-order valence-electron chi connectivity index (χ3n) is 4.24. The minimum Gasteiger partial charge on any atom is -0.379 e. The maximum absolute atomic E-state index is 5.57. The fourth-order valence-corrected chi connectivity index (χ4v) is 2.97. The second-order valence-electron chi connectivity index (χ2n) is 6.52. The normalized spacial score (nSPS) is 11.7. The highest BCUT2D eigenvalue weighted by Gasteiger charge is 2.09. The van der Waals surface area contributed by atoms with Gasteiger partial charge in [0.25, 0.3) is 0 Å². The molecule has 0 radical (unpaired) electrons. The summed E-state index contributed by atoms with van der Waals surface area (Å²) in [6.45, 7) is 4.82. The summed E-state index contributed by atoms with van der Waals surface area (Å²) in [5, 5.41) is 4.62. The third kappa shape index (κ3) is 3.41. The molecule has 0 aliphatic rings. The first kappa shape index (κ1) is 16.6. The summed E-state index contributed by atoms with van der Waals surface area (Å²) in [6, 6.07) is 8.16. The molecule has 0 atom stereocenters. The topological polar surface area (TPSA) is 65.2 Å². The first-order chi connectivity index (χ1) is 12.7. The minimum atomic E-state index is 0.261. The van der Waals surface area contributed by atoms with Gasteiger partial charge < -0.3 is 4.74 Å². The van der Waals surface area contributed by atoms with E-state index >= 15 is 0 Å². The van der Waals surface area contributed by atoms with Gasteiger partial charge in [-0.3, -0.25) is 9.97 Å². The van der Waals surface area contributed by atoms with Crippen molar-refractivity contribution in [3.8, 4) is 11.1 Å². The van der Waals surface area contributed by atoms with Crippen molar-refractivity contribution < 1.29 is 4.74 Å². The van der Waals surface area contributed by atoms with Crippen LogP contribution in [0.3, 0.4) is 0 Å². The van der Waals surface area contributed by atoms with Crippen LogP contribution in [0.15, 0.2) is 49.1 Å². The van der Waals surface area contributed by atoms with Crippen LogP contribution in [0.2, 0.25) is 0 Å². The Morgan fingerprint density at radius 2 is 1.88 bits per heavy atom. The molecule has 0 amide bonds. The lowest BCUT2D eigenvalue weighted by Crippen LogP contribution is -2.07. The van der Waals surface area contributed by atoms with Gasteiger partial charge in [0.2, 0.25) is 0 Å². The largest absolute Gasteiger partial charge is 0.379 e. The lowest BCUT2D eigenvalue weighted by atomic mass is 10.1. The van der Waals surface area contributed by atoms with Crippen LogP contribution in [0.1, 0.15) is 26.1 Å². The molecule has 0 unspecified atom stereocenters. The number of hydrogen-bond donors (Lipinski definition) is 0. The van der Waals surface area contributed by atoms with E-state index in [2.05, 4.69) is 38.2 Å². The van der Waals surface area contributed by atoms with E-state index < -0.39 is 0 Å². The summed E-state index contributed by atoms with van der Waals surface area (Å²) in [5.74, 6) is 0.830. The Hall–Kier alpha value is -2.86. The van der Waals surface area contributed by atoms with Crippen LogP contribution in [-0.4, -0.2) is 37.3 Å². The van der Waals surface area contributed by atoms with E-state index in [0.29, 0.717) is 0 Å². The Bertz CT molecular complexity index is 1040. The van der Waals surface area contributed by atoms with Crippen LogP contribution >= 0.6 is 0 Å². The number of fused-ring (bicyclic) bond motifs is 2. The van der Waals surface area contributed by atoms with Crippen LogP contribution in [0.4, 0.5) is 0 Å². The highest BCUT2D eigenvalue weighted by molar-refractivity contribution is 5.86. The molecule has 0 spiro atoms. The summed E-state index contributed by atoms with van der Waals surface area (Å²) >= 11 is 0. The lowest BCUT2D eigenvalue weighted by molar-refractivity contribution is 0.0769. The molecule has 0 fully saturated rings. The number of aromatic nitrogens is 5. The molecule has 6 heteroatoms. The van der Waals surface area contributed by atoms with Crippen molar-refractivity contribution >= 4 is 16.6 Å². The fourth-order valence-electron chi connectivity index (χ4n) is 2.97. The summed E-state index contributed by atoms with van der Waals surface area (Å²) in [5.41, 5.74) is 4.93.